The second kappa shape index (κ2) is 11.6. The molecule has 0 aliphatic heterocycles. The van der Waals surface area contributed by atoms with Gasteiger partial charge in [0, 0.05) is 42.2 Å². The number of aromatic amines is 1. The molecule has 1 saturated carbocycles. The molecule has 0 saturated heterocycles. The highest BCUT2D eigenvalue weighted by Gasteiger charge is 2.27. The lowest BCUT2D eigenvalue weighted by Gasteiger charge is -2.15. The summed E-state index contributed by atoms with van der Waals surface area (Å²) in [6.45, 7) is 0.614. The number of benzene rings is 1. The Morgan fingerprint density at radius 1 is 1.17 bits per heavy atom. The third-order valence-electron chi connectivity index (χ3n) is 5.59. The monoisotopic (exact) mass is 494 g/mol. The van der Waals surface area contributed by atoms with Crippen molar-refractivity contribution in [3.63, 3.8) is 0 Å². The van der Waals surface area contributed by atoms with Crippen LogP contribution < -0.4 is 21.3 Å². The molecular formula is C24H27ClN8O2. The zero-order valence-corrected chi connectivity index (χ0v) is 20.0. The van der Waals surface area contributed by atoms with Crippen molar-refractivity contribution in [1.82, 2.24) is 30.8 Å². The summed E-state index contributed by atoms with van der Waals surface area (Å²) in [6, 6.07) is 8.79. The molecule has 0 bridgehead atoms. The maximum absolute atomic E-state index is 12.7. The molecule has 5 N–H and O–H groups in total. The molecule has 11 heteroatoms. The fraction of sp³-hybridized carbons (Fsp3) is 0.292. The number of nitrogens with zero attached hydrogens (tertiary/aromatic N) is 3. The first-order chi connectivity index (χ1) is 17.0. The minimum absolute atomic E-state index is 0.0369. The highest BCUT2D eigenvalue weighted by atomic mass is 35.5. The largest absolute Gasteiger partial charge is 0.351 e. The van der Waals surface area contributed by atoms with Gasteiger partial charge < -0.3 is 21.3 Å². The van der Waals surface area contributed by atoms with Gasteiger partial charge in [0.2, 0.25) is 11.9 Å². The van der Waals surface area contributed by atoms with E-state index in [1.165, 1.54) is 6.08 Å². The Morgan fingerprint density at radius 3 is 2.71 bits per heavy atom. The van der Waals surface area contributed by atoms with Crippen LogP contribution in [0.2, 0.25) is 5.02 Å². The van der Waals surface area contributed by atoms with Crippen LogP contribution >= 0.6 is 11.6 Å². The molecule has 2 aromatic heterocycles. The Labute approximate surface area is 208 Å². The van der Waals surface area contributed by atoms with Crippen LogP contribution in [0.3, 0.4) is 0 Å². The third-order valence-corrected chi connectivity index (χ3v) is 5.87. The minimum atomic E-state index is -0.219. The van der Waals surface area contributed by atoms with Crippen molar-refractivity contribution < 1.29 is 9.59 Å². The van der Waals surface area contributed by atoms with Gasteiger partial charge in [-0.15, -0.1) is 0 Å². The Hall–Kier alpha value is -3.76. The first-order valence-corrected chi connectivity index (χ1v) is 11.7. The van der Waals surface area contributed by atoms with E-state index in [-0.39, 0.29) is 23.9 Å². The van der Waals surface area contributed by atoms with Gasteiger partial charge in [-0.1, -0.05) is 17.7 Å². The second-order valence-electron chi connectivity index (χ2n) is 8.20. The lowest BCUT2D eigenvalue weighted by molar-refractivity contribution is -0.111. The zero-order valence-electron chi connectivity index (χ0n) is 19.2. The van der Waals surface area contributed by atoms with E-state index >= 15 is 0 Å². The number of nitrogens with one attached hydrogen (secondary N) is 5. The van der Waals surface area contributed by atoms with Gasteiger partial charge in [-0.3, -0.25) is 14.7 Å². The number of hydrogen-bond donors (Lipinski definition) is 5. The lowest BCUT2D eigenvalue weighted by atomic mass is 10.1. The second-order valence-corrected chi connectivity index (χ2v) is 8.61. The van der Waals surface area contributed by atoms with Crippen LogP contribution in [0.15, 0.2) is 54.9 Å². The van der Waals surface area contributed by atoms with Crippen molar-refractivity contribution in [2.75, 3.05) is 24.2 Å². The van der Waals surface area contributed by atoms with Crippen LogP contribution in [-0.4, -0.2) is 57.7 Å². The number of carbonyl (C=O) groups is 2. The normalized spacial score (nSPS) is 17.4. The van der Waals surface area contributed by atoms with Crippen molar-refractivity contribution >= 4 is 35.1 Å². The van der Waals surface area contributed by atoms with Crippen LogP contribution in [0.5, 0.6) is 0 Å². The summed E-state index contributed by atoms with van der Waals surface area (Å²) < 4.78 is 0. The molecular weight excluding hydrogens is 468 g/mol. The molecule has 1 fully saturated rings. The number of likely N-dealkylation sites (N-methyl/N-ethyl adjacent to an activating group) is 1. The van der Waals surface area contributed by atoms with Gasteiger partial charge in [-0.25, -0.2) is 9.97 Å². The van der Waals surface area contributed by atoms with Crippen molar-refractivity contribution in [2.24, 2.45) is 0 Å². The van der Waals surface area contributed by atoms with E-state index < -0.39 is 0 Å². The summed E-state index contributed by atoms with van der Waals surface area (Å²) in [5.74, 6) is 0.108. The first-order valence-electron chi connectivity index (χ1n) is 11.3. The van der Waals surface area contributed by atoms with E-state index in [0.29, 0.717) is 40.2 Å². The van der Waals surface area contributed by atoms with E-state index in [1.807, 2.05) is 0 Å². The summed E-state index contributed by atoms with van der Waals surface area (Å²) in [7, 11) is 1.81. The number of halogens is 1. The molecule has 3 aromatic rings. The van der Waals surface area contributed by atoms with Gasteiger partial charge in [-0.05, 0) is 56.6 Å². The summed E-state index contributed by atoms with van der Waals surface area (Å²) in [4.78, 5) is 33.3. The van der Waals surface area contributed by atoms with E-state index in [0.717, 1.165) is 19.3 Å². The maximum Gasteiger partial charge on any atom is 0.251 e. The predicted molar refractivity (Wildman–Crippen MR) is 135 cm³/mol. The average molecular weight is 495 g/mol. The van der Waals surface area contributed by atoms with Gasteiger partial charge in [0.15, 0.2) is 0 Å². The molecule has 4 rings (SSSR count). The summed E-state index contributed by atoms with van der Waals surface area (Å²) in [5.41, 5.74) is 2.37. The van der Waals surface area contributed by atoms with E-state index in [9.17, 15) is 9.59 Å². The Bertz CT molecular complexity index is 1180. The van der Waals surface area contributed by atoms with Crippen LogP contribution in [0.25, 0.3) is 11.4 Å². The number of hydrogen-bond acceptors (Lipinski definition) is 7. The molecule has 2 amide bonds. The van der Waals surface area contributed by atoms with Crippen molar-refractivity contribution in [1.29, 1.82) is 0 Å². The zero-order chi connectivity index (χ0) is 24.6. The topological polar surface area (TPSA) is 137 Å². The quantitative estimate of drug-likeness (QED) is 0.288. The average Bonchev–Trinajstić information content (AvgIpc) is 3.53. The number of rotatable bonds is 9. The molecule has 1 aliphatic carbocycles. The highest BCUT2D eigenvalue weighted by Crippen LogP contribution is 2.26. The first kappa shape index (κ1) is 24.4. The third kappa shape index (κ3) is 6.65. The molecule has 2 heterocycles. The van der Waals surface area contributed by atoms with Gasteiger partial charge in [0.25, 0.3) is 5.91 Å². The van der Waals surface area contributed by atoms with Crippen molar-refractivity contribution in [2.45, 2.75) is 31.3 Å². The molecule has 1 aromatic carbocycles. The van der Waals surface area contributed by atoms with Gasteiger partial charge in [0.05, 0.1) is 11.2 Å². The number of H-pyrrole nitrogens is 1. The summed E-state index contributed by atoms with van der Waals surface area (Å²) in [6.07, 6.45) is 8.94. The summed E-state index contributed by atoms with van der Waals surface area (Å²) in [5, 5.41) is 19.4. The van der Waals surface area contributed by atoms with Crippen molar-refractivity contribution in [3.05, 3.63) is 65.5 Å². The standard InChI is InChI=1S/C24H27ClN8O2/c1-26-11-2-3-21(34)29-16-6-4-15(5-7-16)23(35)30-17-8-9-18(13-17)31-24-27-14-19(25)22(32-24)20-10-12-28-33-20/h2-7,10,12,14,17-18,26H,8-9,11,13H2,1H3,(H,28,33)(H,29,34)(H,30,35)(H,27,31,32)/b3-2+/t17-,18+/m1/s1. The summed E-state index contributed by atoms with van der Waals surface area (Å²) >= 11 is 6.22. The Kier molecular flexibility index (Phi) is 8.07. The molecule has 182 valence electrons. The smallest absolute Gasteiger partial charge is 0.251 e. The number of carbonyl (C=O) groups excluding carboxylic acids is 2. The predicted octanol–water partition coefficient (Wildman–Crippen LogP) is 3.00. The number of anilines is 2. The molecule has 10 nitrogen and oxygen atoms in total. The van der Waals surface area contributed by atoms with Crippen molar-refractivity contribution in [3.8, 4) is 11.4 Å². The van der Waals surface area contributed by atoms with Crippen LogP contribution in [0, 0.1) is 0 Å². The fourth-order valence-electron chi connectivity index (χ4n) is 3.88. The Balaban J connectivity index is 1.28. The molecule has 0 spiro atoms. The number of amides is 2. The van der Waals surface area contributed by atoms with E-state index in [4.69, 9.17) is 11.6 Å². The van der Waals surface area contributed by atoms with Crippen LogP contribution in [0.4, 0.5) is 11.6 Å². The van der Waals surface area contributed by atoms with E-state index in [2.05, 4.69) is 41.4 Å². The fourth-order valence-corrected chi connectivity index (χ4v) is 4.06. The number of aromatic nitrogens is 4. The van der Waals surface area contributed by atoms with Gasteiger partial charge in [0.1, 0.15) is 11.4 Å². The molecule has 0 radical (unpaired) electrons. The maximum atomic E-state index is 12.7. The molecule has 2 atom stereocenters. The lowest BCUT2D eigenvalue weighted by Crippen LogP contribution is -2.34. The Morgan fingerprint density at radius 2 is 1.97 bits per heavy atom. The van der Waals surface area contributed by atoms with E-state index in [1.54, 1.807) is 55.8 Å². The van der Waals surface area contributed by atoms with Crippen LogP contribution in [-0.2, 0) is 4.79 Å². The molecule has 35 heavy (non-hydrogen) atoms. The SMILES string of the molecule is CNC/C=C/C(=O)Nc1ccc(C(=O)N[C@@H]2CC[C@H](Nc3ncc(Cl)c(-c4cc[nH]n4)n3)C2)cc1. The van der Waals surface area contributed by atoms with Gasteiger partial charge in [-0.2, -0.15) is 5.10 Å². The molecule has 1 aliphatic rings. The van der Waals surface area contributed by atoms with Crippen LogP contribution in [0.1, 0.15) is 29.6 Å². The minimum Gasteiger partial charge on any atom is -0.351 e. The molecule has 0 unspecified atom stereocenters. The van der Waals surface area contributed by atoms with Gasteiger partial charge >= 0.3 is 0 Å². The highest BCUT2D eigenvalue weighted by molar-refractivity contribution is 6.32.